The Morgan fingerprint density at radius 3 is 2.73 bits per heavy atom. The minimum Gasteiger partial charge on any atom is -0.298 e. The average Bonchev–Trinajstić information content (AvgIpc) is 2.75. The lowest BCUT2D eigenvalue weighted by Crippen LogP contribution is -2.56. The molecule has 1 heteroatoms. The summed E-state index contributed by atoms with van der Waals surface area (Å²) >= 11 is 0. The highest BCUT2D eigenvalue weighted by atomic mass is 16.1. The summed E-state index contributed by atoms with van der Waals surface area (Å²) < 4.78 is 0. The molecule has 2 aliphatic rings. The molecule has 1 saturated carbocycles. The summed E-state index contributed by atoms with van der Waals surface area (Å²) in [4.78, 5) is 12.1. The smallest absolute Gasteiger partial charge is 0.147 e. The van der Waals surface area contributed by atoms with Crippen LogP contribution in [0.5, 0.6) is 0 Å². The number of carbonyl (C=O) groups excluding carboxylic acids is 1. The molecule has 0 amide bonds. The van der Waals surface area contributed by atoms with Crippen LogP contribution < -0.4 is 0 Å². The second-order valence-corrected chi connectivity index (χ2v) is 4.73. The fourth-order valence-electron chi connectivity index (χ4n) is 3.09. The van der Waals surface area contributed by atoms with Gasteiger partial charge in [0, 0.05) is 11.8 Å². The van der Waals surface area contributed by atoms with Gasteiger partial charge in [0.2, 0.25) is 0 Å². The standard InChI is InChI=1S/C14H14O/c1-14(10-6-3-2-4-7-10)12-9-5-8-11(12)13(14)15/h2-7,9,11-12H,8H2,1H3/t11-,12+,14+/m0/s1. The molecule has 1 aromatic rings. The van der Waals surface area contributed by atoms with Crippen LogP contribution >= 0.6 is 0 Å². The molecule has 0 N–H and O–H groups in total. The maximum absolute atomic E-state index is 12.1. The van der Waals surface area contributed by atoms with E-state index < -0.39 is 0 Å². The van der Waals surface area contributed by atoms with E-state index in [1.807, 2.05) is 18.2 Å². The molecule has 76 valence electrons. The third kappa shape index (κ3) is 0.956. The van der Waals surface area contributed by atoms with Crippen LogP contribution in [-0.2, 0) is 10.2 Å². The molecular weight excluding hydrogens is 184 g/mol. The van der Waals surface area contributed by atoms with Gasteiger partial charge in [-0.2, -0.15) is 0 Å². The van der Waals surface area contributed by atoms with Gasteiger partial charge in [-0.25, -0.2) is 0 Å². The highest BCUT2D eigenvalue weighted by Gasteiger charge is 2.59. The third-order valence-corrected chi connectivity index (χ3v) is 4.06. The lowest BCUT2D eigenvalue weighted by atomic mass is 9.52. The Hall–Kier alpha value is -1.37. The van der Waals surface area contributed by atoms with E-state index >= 15 is 0 Å². The second kappa shape index (κ2) is 2.82. The molecule has 3 rings (SSSR count). The molecular formula is C14H14O. The molecule has 1 nitrogen and oxygen atoms in total. The zero-order valence-corrected chi connectivity index (χ0v) is 8.81. The second-order valence-electron chi connectivity index (χ2n) is 4.73. The average molecular weight is 198 g/mol. The first-order valence-electron chi connectivity index (χ1n) is 5.51. The molecule has 0 spiro atoms. The van der Waals surface area contributed by atoms with Gasteiger partial charge in [0.1, 0.15) is 5.78 Å². The van der Waals surface area contributed by atoms with Crippen LogP contribution in [0, 0.1) is 11.8 Å². The quantitative estimate of drug-likeness (QED) is 0.634. The molecule has 1 fully saturated rings. The largest absolute Gasteiger partial charge is 0.298 e. The van der Waals surface area contributed by atoms with E-state index in [-0.39, 0.29) is 11.3 Å². The van der Waals surface area contributed by atoms with Crippen molar-refractivity contribution in [2.45, 2.75) is 18.8 Å². The predicted octanol–water partition coefficient (Wildman–Crippen LogP) is 2.72. The minimum atomic E-state index is -0.251. The minimum absolute atomic E-state index is 0.251. The summed E-state index contributed by atoms with van der Waals surface area (Å²) in [5.74, 6) is 1.13. The van der Waals surface area contributed by atoms with Crippen molar-refractivity contribution >= 4 is 5.78 Å². The number of fused-ring (bicyclic) bond motifs is 1. The van der Waals surface area contributed by atoms with E-state index in [9.17, 15) is 4.79 Å². The Kier molecular flexibility index (Phi) is 1.67. The predicted molar refractivity (Wildman–Crippen MR) is 59.5 cm³/mol. The number of rotatable bonds is 1. The van der Waals surface area contributed by atoms with Gasteiger partial charge in [0.25, 0.3) is 0 Å². The SMILES string of the molecule is C[C@]1(c2ccccc2)C(=O)[C@H]2CC=C[C@H]21. The van der Waals surface area contributed by atoms with Crippen molar-refractivity contribution < 1.29 is 4.79 Å². The first kappa shape index (κ1) is 8.90. The number of allylic oxidation sites excluding steroid dienone is 2. The summed E-state index contributed by atoms with van der Waals surface area (Å²) in [5, 5.41) is 0. The molecule has 15 heavy (non-hydrogen) atoms. The third-order valence-electron chi connectivity index (χ3n) is 4.06. The van der Waals surface area contributed by atoms with E-state index in [0.29, 0.717) is 11.7 Å². The van der Waals surface area contributed by atoms with Crippen LogP contribution in [0.15, 0.2) is 42.5 Å². The molecule has 0 unspecified atom stereocenters. The Labute approximate surface area is 89.8 Å². The molecule has 0 bridgehead atoms. The molecule has 1 aromatic carbocycles. The Morgan fingerprint density at radius 1 is 1.27 bits per heavy atom. The number of carbonyl (C=O) groups is 1. The summed E-state index contributed by atoms with van der Waals surface area (Å²) in [7, 11) is 0. The Bertz CT molecular complexity index is 432. The number of ketones is 1. The van der Waals surface area contributed by atoms with E-state index in [4.69, 9.17) is 0 Å². The van der Waals surface area contributed by atoms with Crippen LogP contribution in [0.4, 0.5) is 0 Å². The lowest BCUT2D eigenvalue weighted by Gasteiger charge is -2.48. The van der Waals surface area contributed by atoms with Crippen LogP contribution in [0.2, 0.25) is 0 Å². The van der Waals surface area contributed by atoms with Crippen molar-refractivity contribution in [1.82, 2.24) is 0 Å². The molecule has 0 aliphatic heterocycles. The number of hydrogen-bond donors (Lipinski definition) is 0. The van der Waals surface area contributed by atoms with Gasteiger partial charge in [-0.15, -0.1) is 0 Å². The zero-order valence-electron chi connectivity index (χ0n) is 8.81. The zero-order chi connectivity index (χ0) is 10.5. The normalized spacial score (nSPS) is 37.5. The van der Waals surface area contributed by atoms with Gasteiger partial charge in [0.15, 0.2) is 0 Å². The van der Waals surface area contributed by atoms with Gasteiger partial charge in [-0.05, 0) is 18.9 Å². The van der Waals surface area contributed by atoms with Crippen molar-refractivity contribution in [2.24, 2.45) is 11.8 Å². The van der Waals surface area contributed by atoms with E-state index in [0.717, 1.165) is 6.42 Å². The molecule has 3 atom stereocenters. The van der Waals surface area contributed by atoms with Crippen molar-refractivity contribution in [1.29, 1.82) is 0 Å². The van der Waals surface area contributed by atoms with Gasteiger partial charge in [0.05, 0.1) is 5.41 Å². The number of hydrogen-bond acceptors (Lipinski definition) is 1. The summed E-state index contributed by atoms with van der Waals surface area (Å²) in [5.41, 5.74) is 0.918. The number of benzene rings is 1. The van der Waals surface area contributed by atoms with Crippen molar-refractivity contribution in [3.8, 4) is 0 Å². The lowest BCUT2D eigenvalue weighted by molar-refractivity contribution is -0.141. The fourth-order valence-corrected chi connectivity index (χ4v) is 3.09. The Balaban J connectivity index is 2.05. The van der Waals surface area contributed by atoms with Gasteiger partial charge in [-0.1, -0.05) is 42.5 Å². The van der Waals surface area contributed by atoms with E-state index in [2.05, 4.69) is 31.2 Å². The van der Waals surface area contributed by atoms with E-state index in [1.165, 1.54) is 5.56 Å². The van der Waals surface area contributed by atoms with Crippen LogP contribution in [0.1, 0.15) is 18.9 Å². The first-order chi connectivity index (χ1) is 7.24. The van der Waals surface area contributed by atoms with Gasteiger partial charge < -0.3 is 0 Å². The van der Waals surface area contributed by atoms with Crippen LogP contribution in [0.3, 0.4) is 0 Å². The molecule has 0 aromatic heterocycles. The summed E-state index contributed by atoms with van der Waals surface area (Å²) in [6, 6.07) is 10.2. The topological polar surface area (TPSA) is 17.1 Å². The molecule has 0 saturated heterocycles. The van der Waals surface area contributed by atoms with Crippen molar-refractivity contribution in [3.05, 3.63) is 48.0 Å². The van der Waals surface area contributed by atoms with Gasteiger partial charge >= 0.3 is 0 Å². The van der Waals surface area contributed by atoms with Crippen molar-refractivity contribution in [3.63, 3.8) is 0 Å². The summed E-state index contributed by atoms with van der Waals surface area (Å²) in [6.45, 7) is 2.08. The molecule has 0 heterocycles. The molecule has 0 radical (unpaired) electrons. The first-order valence-corrected chi connectivity index (χ1v) is 5.51. The fraction of sp³-hybridized carbons (Fsp3) is 0.357. The highest BCUT2D eigenvalue weighted by molar-refractivity contribution is 6.00. The van der Waals surface area contributed by atoms with Crippen LogP contribution in [-0.4, -0.2) is 5.78 Å². The Morgan fingerprint density at radius 2 is 2.00 bits per heavy atom. The maximum atomic E-state index is 12.1. The van der Waals surface area contributed by atoms with Gasteiger partial charge in [-0.3, -0.25) is 4.79 Å². The van der Waals surface area contributed by atoms with Crippen LogP contribution in [0.25, 0.3) is 0 Å². The van der Waals surface area contributed by atoms with E-state index in [1.54, 1.807) is 0 Å². The van der Waals surface area contributed by atoms with Crippen molar-refractivity contribution in [2.75, 3.05) is 0 Å². The highest BCUT2D eigenvalue weighted by Crippen LogP contribution is 2.54. The monoisotopic (exact) mass is 198 g/mol. The number of Topliss-reactive ketones (excluding diaryl/α,β-unsaturated/α-hetero) is 1. The molecule has 2 aliphatic carbocycles. The maximum Gasteiger partial charge on any atom is 0.147 e. The summed E-state index contributed by atoms with van der Waals surface area (Å²) in [6.07, 6.45) is 5.33.